The van der Waals surface area contributed by atoms with Crippen LogP contribution < -0.4 is 10.6 Å². The molecule has 0 aliphatic rings. The first-order valence-corrected chi connectivity index (χ1v) is 10.3. The molecule has 1 aromatic heterocycles. The van der Waals surface area contributed by atoms with E-state index in [1.54, 1.807) is 20.8 Å². The molecule has 0 aliphatic carbocycles. The summed E-state index contributed by atoms with van der Waals surface area (Å²) in [5, 5.41) is 15.9. The lowest BCUT2D eigenvalue weighted by Crippen LogP contribution is -2.42. The average Bonchev–Trinajstić information content (AvgIpc) is 3.25. The topological polar surface area (TPSA) is 123 Å². The number of nitrogens with one attached hydrogen (secondary N) is 2. The largest absolute Gasteiger partial charge is 0.446 e. The molecular weight excluding hydrogens is 402 g/mol. The number of unbranched alkanes of at least 4 members (excludes halogenated alkanes) is 1. The van der Waals surface area contributed by atoms with Crippen molar-refractivity contribution >= 4 is 12.2 Å². The molecule has 2 aromatic rings. The van der Waals surface area contributed by atoms with Gasteiger partial charge in [-0.15, -0.1) is 0 Å². The van der Waals surface area contributed by atoms with Crippen LogP contribution in [0.2, 0.25) is 0 Å². The highest BCUT2D eigenvalue weighted by Gasteiger charge is 2.28. The summed E-state index contributed by atoms with van der Waals surface area (Å²) in [5.74, 6) is 0.115. The smallest absolute Gasteiger partial charge is 0.407 e. The van der Waals surface area contributed by atoms with Crippen LogP contribution >= 0.6 is 0 Å². The molecule has 0 saturated carbocycles. The van der Waals surface area contributed by atoms with Gasteiger partial charge >= 0.3 is 12.2 Å². The third kappa shape index (κ3) is 9.52. The Balaban J connectivity index is 1.74. The number of nitrogens with zero attached hydrogens (tertiary/aromatic N) is 1. The maximum Gasteiger partial charge on any atom is 0.407 e. The zero-order valence-electron chi connectivity index (χ0n) is 18.2. The number of aliphatic hydroxyl groups excluding tert-OH is 1. The van der Waals surface area contributed by atoms with Gasteiger partial charge in [0, 0.05) is 6.54 Å². The summed E-state index contributed by atoms with van der Waals surface area (Å²) in [6, 6.07) is 8.76. The molecule has 9 nitrogen and oxygen atoms in total. The summed E-state index contributed by atoms with van der Waals surface area (Å²) in [6.45, 7) is 5.89. The highest BCUT2D eigenvalue weighted by Crippen LogP contribution is 2.20. The highest BCUT2D eigenvalue weighted by molar-refractivity contribution is 5.68. The molecule has 0 saturated heterocycles. The quantitative estimate of drug-likeness (QED) is 0.488. The molecule has 9 heteroatoms. The van der Waals surface area contributed by atoms with Crippen molar-refractivity contribution in [1.82, 2.24) is 15.6 Å². The molecule has 0 aliphatic heterocycles. The monoisotopic (exact) mass is 433 g/mol. The van der Waals surface area contributed by atoms with Gasteiger partial charge in [-0.1, -0.05) is 30.3 Å². The van der Waals surface area contributed by atoms with Gasteiger partial charge < -0.3 is 29.6 Å². The van der Waals surface area contributed by atoms with E-state index in [9.17, 15) is 14.7 Å². The number of rotatable bonds is 10. The summed E-state index contributed by atoms with van der Waals surface area (Å²) < 4.78 is 15.6. The predicted octanol–water partition coefficient (Wildman–Crippen LogP) is 3.70. The Morgan fingerprint density at radius 3 is 2.55 bits per heavy atom. The molecule has 2 rings (SSSR count). The summed E-state index contributed by atoms with van der Waals surface area (Å²) >= 11 is 0. The van der Waals surface area contributed by atoms with E-state index in [1.165, 1.54) is 12.5 Å². The number of ether oxygens (including phenoxy) is 2. The molecule has 31 heavy (non-hydrogen) atoms. The number of carbonyl (C=O) groups is 2. The van der Waals surface area contributed by atoms with Crippen LogP contribution in [0.4, 0.5) is 9.59 Å². The van der Waals surface area contributed by atoms with Gasteiger partial charge in [-0.05, 0) is 45.6 Å². The Kier molecular flexibility index (Phi) is 9.33. The van der Waals surface area contributed by atoms with Crippen LogP contribution in [0.25, 0.3) is 0 Å². The second-order valence-electron chi connectivity index (χ2n) is 8.05. The first kappa shape index (κ1) is 24.2. The Bertz CT molecular complexity index is 789. The third-order valence-electron chi connectivity index (χ3n) is 4.21. The zero-order valence-corrected chi connectivity index (χ0v) is 18.2. The van der Waals surface area contributed by atoms with Gasteiger partial charge in [-0.2, -0.15) is 0 Å². The van der Waals surface area contributed by atoms with Crippen LogP contribution in [0.3, 0.4) is 0 Å². The minimum Gasteiger partial charge on any atom is -0.446 e. The summed E-state index contributed by atoms with van der Waals surface area (Å²) in [5.41, 5.74) is 0.251. The van der Waals surface area contributed by atoms with Crippen LogP contribution in [0.15, 0.2) is 47.2 Å². The van der Waals surface area contributed by atoms with Gasteiger partial charge in [-0.3, -0.25) is 0 Å². The lowest BCUT2D eigenvalue weighted by molar-refractivity contribution is 0.0376. The van der Waals surface area contributed by atoms with E-state index < -0.39 is 29.9 Å². The second-order valence-corrected chi connectivity index (χ2v) is 8.05. The normalized spacial score (nSPS) is 13.2. The number of amides is 2. The average molecular weight is 434 g/mol. The van der Waals surface area contributed by atoms with E-state index in [2.05, 4.69) is 15.6 Å². The van der Waals surface area contributed by atoms with E-state index in [4.69, 9.17) is 13.9 Å². The zero-order chi connectivity index (χ0) is 22.7. The molecule has 3 N–H and O–H groups in total. The number of hydrogen-bond acceptors (Lipinski definition) is 7. The van der Waals surface area contributed by atoms with E-state index in [0.717, 1.165) is 5.56 Å². The van der Waals surface area contributed by atoms with Crippen molar-refractivity contribution in [1.29, 1.82) is 0 Å². The molecule has 1 heterocycles. The van der Waals surface area contributed by atoms with Gasteiger partial charge in [0.1, 0.15) is 18.5 Å². The number of aliphatic hydroxyl groups is 1. The molecule has 170 valence electrons. The molecule has 1 unspecified atom stereocenters. The number of oxazole rings is 1. The van der Waals surface area contributed by atoms with Crippen molar-refractivity contribution in [3.63, 3.8) is 0 Å². The Morgan fingerprint density at radius 2 is 1.90 bits per heavy atom. The fourth-order valence-electron chi connectivity index (χ4n) is 2.77. The first-order valence-electron chi connectivity index (χ1n) is 10.3. The van der Waals surface area contributed by atoms with Crippen LogP contribution in [0.5, 0.6) is 0 Å². The maximum absolute atomic E-state index is 12.1. The maximum atomic E-state index is 12.1. The Morgan fingerprint density at radius 1 is 1.16 bits per heavy atom. The van der Waals surface area contributed by atoms with Gasteiger partial charge in [0.05, 0.1) is 12.2 Å². The van der Waals surface area contributed by atoms with E-state index >= 15 is 0 Å². The minimum atomic E-state index is -1.12. The SMILES string of the molecule is CC(C)(C)OC(=O)N[C@@H](CCCCNC(=O)OCc1ccccc1)C(O)c1ncco1. The van der Waals surface area contributed by atoms with E-state index in [-0.39, 0.29) is 12.5 Å². The lowest BCUT2D eigenvalue weighted by atomic mass is 10.0. The molecule has 2 amide bonds. The number of carbonyl (C=O) groups excluding carboxylic acids is 2. The molecule has 0 bridgehead atoms. The molecule has 0 fully saturated rings. The fourth-order valence-corrected chi connectivity index (χ4v) is 2.77. The van der Waals surface area contributed by atoms with Crippen LogP contribution in [-0.2, 0) is 16.1 Å². The van der Waals surface area contributed by atoms with Crippen molar-refractivity contribution in [2.75, 3.05) is 6.54 Å². The van der Waals surface area contributed by atoms with Crippen molar-refractivity contribution in [2.45, 2.75) is 64.4 Å². The summed E-state index contributed by atoms with van der Waals surface area (Å²) in [7, 11) is 0. The molecular formula is C22H31N3O6. The predicted molar refractivity (Wildman–Crippen MR) is 113 cm³/mol. The van der Waals surface area contributed by atoms with Crippen molar-refractivity contribution in [3.05, 3.63) is 54.2 Å². The number of benzene rings is 1. The van der Waals surface area contributed by atoms with Gasteiger partial charge in [-0.25, -0.2) is 14.6 Å². The molecule has 0 radical (unpaired) electrons. The Hall–Kier alpha value is -3.07. The minimum absolute atomic E-state index is 0.115. The van der Waals surface area contributed by atoms with Crippen molar-refractivity contribution < 1.29 is 28.6 Å². The van der Waals surface area contributed by atoms with Gasteiger partial charge in [0.25, 0.3) is 0 Å². The van der Waals surface area contributed by atoms with Crippen LogP contribution in [-0.4, -0.2) is 40.5 Å². The van der Waals surface area contributed by atoms with Gasteiger partial charge in [0.15, 0.2) is 6.10 Å². The van der Waals surface area contributed by atoms with Crippen molar-refractivity contribution in [2.24, 2.45) is 0 Å². The fraction of sp³-hybridized carbons (Fsp3) is 0.500. The summed E-state index contributed by atoms with van der Waals surface area (Å²) in [6.07, 6.45) is 2.22. The van der Waals surface area contributed by atoms with E-state index in [0.29, 0.717) is 25.8 Å². The molecule has 1 aromatic carbocycles. The third-order valence-corrected chi connectivity index (χ3v) is 4.21. The molecule has 2 atom stereocenters. The van der Waals surface area contributed by atoms with Crippen molar-refractivity contribution in [3.8, 4) is 0 Å². The van der Waals surface area contributed by atoms with E-state index in [1.807, 2.05) is 30.3 Å². The number of aromatic nitrogens is 1. The number of alkyl carbamates (subject to hydrolysis) is 2. The Labute approximate surface area is 182 Å². The first-order chi connectivity index (χ1) is 14.7. The second kappa shape index (κ2) is 11.9. The van der Waals surface area contributed by atoms with Crippen LogP contribution in [0, 0.1) is 0 Å². The standard InChI is InChI=1S/C22H31N3O6/c1-22(2,3)31-21(28)25-17(18(26)19-23-13-14-29-19)11-7-8-12-24-20(27)30-15-16-9-5-4-6-10-16/h4-6,9-10,13-14,17-18,26H,7-8,11-12,15H2,1-3H3,(H,24,27)(H,25,28)/t17-,18?/m0/s1. The van der Waals surface area contributed by atoms with Gasteiger partial charge in [0.2, 0.25) is 5.89 Å². The lowest BCUT2D eigenvalue weighted by Gasteiger charge is -2.25. The van der Waals surface area contributed by atoms with Crippen LogP contribution in [0.1, 0.15) is 57.6 Å². The molecule has 0 spiro atoms. The highest BCUT2D eigenvalue weighted by atomic mass is 16.6. The summed E-state index contributed by atoms with van der Waals surface area (Å²) in [4.78, 5) is 27.9. The number of hydrogen-bond donors (Lipinski definition) is 3.